The van der Waals surface area contributed by atoms with E-state index in [0.717, 1.165) is 17.2 Å². The van der Waals surface area contributed by atoms with Crippen LogP contribution in [-0.4, -0.2) is 19.7 Å². The van der Waals surface area contributed by atoms with Crippen LogP contribution < -0.4 is 0 Å². The predicted molar refractivity (Wildman–Crippen MR) is 58.2 cm³/mol. The molecule has 76 valence electrons. The van der Waals surface area contributed by atoms with Crippen molar-refractivity contribution in [2.75, 3.05) is 0 Å². The van der Waals surface area contributed by atoms with Crippen LogP contribution in [0.2, 0.25) is 0 Å². The predicted octanol–water partition coefficient (Wildman–Crippen LogP) is 1.83. The second-order valence-electron chi connectivity index (χ2n) is 3.21. The van der Waals surface area contributed by atoms with Gasteiger partial charge in [0.05, 0.1) is 0 Å². The molecule has 0 aromatic carbocycles. The fraction of sp³-hybridized carbons (Fsp3) is 0.182. The summed E-state index contributed by atoms with van der Waals surface area (Å²) in [6.07, 6.45) is 5.35. The topological polar surface area (TPSA) is 43.6 Å². The molecule has 4 heteroatoms. The fourth-order valence-electron chi connectivity index (χ4n) is 1.44. The number of pyridine rings is 1. The number of hydrogen-bond donors (Lipinski definition) is 0. The lowest BCUT2D eigenvalue weighted by atomic mass is 10.2. The van der Waals surface area contributed by atoms with Crippen molar-refractivity contribution in [2.45, 2.75) is 13.5 Å². The quantitative estimate of drug-likeness (QED) is 0.710. The van der Waals surface area contributed by atoms with Gasteiger partial charge < -0.3 is 4.57 Å². The molecule has 4 nitrogen and oxygen atoms in total. The summed E-state index contributed by atoms with van der Waals surface area (Å²) in [5.74, 6) is 1.72. The van der Waals surface area contributed by atoms with Gasteiger partial charge in [-0.3, -0.25) is 4.98 Å². The van der Waals surface area contributed by atoms with E-state index in [9.17, 15) is 0 Å². The number of aromatic nitrogens is 4. The van der Waals surface area contributed by atoms with Crippen LogP contribution in [0.25, 0.3) is 11.4 Å². The molecule has 0 atom stereocenters. The van der Waals surface area contributed by atoms with Crippen molar-refractivity contribution in [1.29, 1.82) is 0 Å². The van der Waals surface area contributed by atoms with Gasteiger partial charge in [-0.2, -0.15) is 0 Å². The Morgan fingerprint density at radius 1 is 1.47 bits per heavy atom. The summed E-state index contributed by atoms with van der Waals surface area (Å²) in [5, 5.41) is 8.18. The molecule has 2 heterocycles. The highest BCUT2D eigenvalue weighted by Crippen LogP contribution is 2.16. The molecule has 0 aliphatic carbocycles. The minimum Gasteiger partial charge on any atom is -0.307 e. The van der Waals surface area contributed by atoms with E-state index in [1.165, 1.54) is 0 Å². The second kappa shape index (κ2) is 4.04. The summed E-state index contributed by atoms with van der Waals surface area (Å²) in [4.78, 5) is 4.06. The molecule has 0 unspecified atom stereocenters. The van der Waals surface area contributed by atoms with Gasteiger partial charge in [0.1, 0.15) is 5.82 Å². The van der Waals surface area contributed by atoms with Gasteiger partial charge in [-0.05, 0) is 19.1 Å². The molecule has 0 spiro atoms. The molecule has 0 N–H and O–H groups in total. The van der Waals surface area contributed by atoms with Crippen LogP contribution in [0.15, 0.2) is 37.2 Å². The van der Waals surface area contributed by atoms with Crippen LogP contribution in [-0.2, 0) is 6.54 Å². The Balaban J connectivity index is 2.49. The lowest BCUT2D eigenvalue weighted by molar-refractivity contribution is 0.789. The van der Waals surface area contributed by atoms with Gasteiger partial charge in [-0.15, -0.1) is 16.8 Å². The van der Waals surface area contributed by atoms with Crippen LogP contribution in [0.4, 0.5) is 0 Å². The lowest BCUT2D eigenvalue weighted by Gasteiger charge is -2.04. The van der Waals surface area contributed by atoms with Gasteiger partial charge in [-0.1, -0.05) is 6.08 Å². The highest BCUT2D eigenvalue weighted by Gasteiger charge is 2.08. The average molecular weight is 200 g/mol. The molecule has 0 saturated carbocycles. The molecule has 0 amide bonds. The molecule has 0 aliphatic heterocycles. The van der Waals surface area contributed by atoms with Crippen molar-refractivity contribution in [3.8, 4) is 11.4 Å². The Morgan fingerprint density at radius 3 is 3.00 bits per heavy atom. The Kier molecular flexibility index (Phi) is 2.58. The maximum atomic E-state index is 4.13. The van der Waals surface area contributed by atoms with Crippen molar-refractivity contribution in [3.05, 3.63) is 43.0 Å². The van der Waals surface area contributed by atoms with Crippen LogP contribution in [0.1, 0.15) is 5.82 Å². The molecule has 0 fully saturated rings. The fourth-order valence-corrected chi connectivity index (χ4v) is 1.44. The van der Waals surface area contributed by atoms with Crippen molar-refractivity contribution in [2.24, 2.45) is 0 Å². The molecule has 2 rings (SSSR count). The van der Waals surface area contributed by atoms with Gasteiger partial charge in [0, 0.05) is 24.5 Å². The summed E-state index contributed by atoms with van der Waals surface area (Å²) < 4.78 is 2.00. The Labute approximate surface area is 88.3 Å². The molecule has 0 bridgehead atoms. The molecule has 2 aromatic heterocycles. The van der Waals surface area contributed by atoms with E-state index in [1.807, 2.05) is 29.7 Å². The van der Waals surface area contributed by atoms with Crippen LogP contribution >= 0.6 is 0 Å². The van der Waals surface area contributed by atoms with E-state index < -0.39 is 0 Å². The summed E-state index contributed by atoms with van der Waals surface area (Å²) in [7, 11) is 0. The van der Waals surface area contributed by atoms with Crippen molar-refractivity contribution in [3.63, 3.8) is 0 Å². The minimum atomic E-state index is 0.711. The van der Waals surface area contributed by atoms with E-state index in [4.69, 9.17) is 0 Å². The minimum absolute atomic E-state index is 0.711. The third kappa shape index (κ3) is 1.79. The first-order chi connectivity index (χ1) is 7.33. The first-order valence-electron chi connectivity index (χ1n) is 4.74. The van der Waals surface area contributed by atoms with E-state index in [0.29, 0.717) is 6.54 Å². The monoisotopic (exact) mass is 200 g/mol. The van der Waals surface area contributed by atoms with Crippen LogP contribution in [0.3, 0.4) is 0 Å². The zero-order valence-electron chi connectivity index (χ0n) is 8.59. The van der Waals surface area contributed by atoms with Gasteiger partial charge in [0.25, 0.3) is 0 Å². The third-order valence-corrected chi connectivity index (χ3v) is 2.17. The Bertz CT molecular complexity index is 459. The van der Waals surface area contributed by atoms with Gasteiger partial charge in [-0.25, -0.2) is 0 Å². The van der Waals surface area contributed by atoms with E-state index in [2.05, 4.69) is 21.8 Å². The number of nitrogens with zero attached hydrogens (tertiary/aromatic N) is 4. The maximum Gasteiger partial charge on any atom is 0.165 e. The maximum absolute atomic E-state index is 4.13. The molecule has 0 aliphatic rings. The van der Waals surface area contributed by atoms with E-state index >= 15 is 0 Å². The van der Waals surface area contributed by atoms with Gasteiger partial charge in [0.2, 0.25) is 0 Å². The lowest BCUT2D eigenvalue weighted by Crippen LogP contribution is -2.00. The summed E-state index contributed by atoms with van der Waals surface area (Å²) in [6, 6.07) is 3.85. The average Bonchev–Trinajstić information content (AvgIpc) is 2.63. The molecular weight excluding hydrogens is 188 g/mol. The second-order valence-corrected chi connectivity index (χ2v) is 3.21. The number of allylic oxidation sites excluding steroid dienone is 1. The van der Waals surface area contributed by atoms with Crippen LogP contribution in [0.5, 0.6) is 0 Å². The smallest absolute Gasteiger partial charge is 0.165 e. The molecule has 0 saturated heterocycles. The van der Waals surface area contributed by atoms with Crippen molar-refractivity contribution >= 4 is 0 Å². The largest absolute Gasteiger partial charge is 0.307 e. The van der Waals surface area contributed by atoms with Crippen molar-refractivity contribution in [1.82, 2.24) is 19.7 Å². The summed E-state index contributed by atoms with van der Waals surface area (Å²) in [5.41, 5.74) is 0.972. The highest BCUT2D eigenvalue weighted by atomic mass is 15.3. The molecule has 2 aromatic rings. The first kappa shape index (κ1) is 9.58. The normalized spacial score (nSPS) is 10.2. The third-order valence-electron chi connectivity index (χ3n) is 2.17. The van der Waals surface area contributed by atoms with Gasteiger partial charge in [0.15, 0.2) is 5.82 Å². The van der Waals surface area contributed by atoms with Crippen molar-refractivity contribution < 1.29 is 0 Å². The van der Waals surface area contributed by atoms with Crippen LogP contribution in [0, 0.1) is 6.92 Å². The Morgan fingerprint density at radius 2 is 2.33 bits per heavy atom. The molecular formula is C11H12N4. The number of aryl methyl sites for hydroxylation is 1. The Hall–Kier alpha value is -1.97. The van der Waals surface area contributed by atoms with E-state index in [1.54, 1.807) is 12.4 Å². The zero-order valence-corrected chi connectivity index (χ0v) is 8.59. The number of hydrogen-bond acceptors (Lipinski definition) is 3. The first-order valence-corrected chi connectivity index (χ1v) is 4.74. The summed E-state index contributed by atoms with van der Waals surface area (Å²) in [6.45, 7) is 6.36. The standard InChI is InChI=1S/C11H12N4/c1-3-7-15-9(2)13-14-11(15)10-5-4-6-12-8-10/h3-6,8H,1,7H2,2H3. The molecule has 0 radical (unpaired) electrons. The summed E-state index contributed by atoms with van der Waals surface area (Å²) >= 11 is 0. The molecule has 15 heavy (non-hydrogen) atoms. The zero-order chi connectivity index (χ0) is 10.7. The number of rotatable bonds is 3. The highest BCUT2D eigenvalue weighted by molar-refractivity contribution is 5.53. The van der Waals surface area contributed by atoms with Gasteiger partial charge >= 0.3 is 0 Å². The van der Waals surface area contributed by atoms with E-state index in [-0.39, 0.29) is 0 Å². The SMILES string of the molecule is C=CCn1c(C)nnc1-c1cccnc1.